The van der Waals surface area contributed by atoms with E-state index in [1.54, 1.807) is 38.1 Å². The number of nitrogens with one attached hydrogen (secondary N) is 6. The largest absolute Gasteiger partial charge is 0.481 e. The Morgan fingerprint density at radius 3 is 1.87 bits per heavy atom. The smallest absolute Gasteiger partial charge is 0.323 e. The van der Waals surface area contributed by atoms with Gasteiger partial charge in [0.15, 0.2) is 0 Å². The third kappa shape index (κ3) is 14.1. The summed E-state index contributed by atoms with van der Waals surface area (Å²) in [5.74, 6) is -4.16. The number of amides is 6. The maximum absolute atomic E-state index is 13.5. The van der Waals surface area contributed by atoms with Crippen LogP contribution >= 0.6 is 0 Å². The van der Waals surface area contributed by atoms with E-state index in [9.17, 15) is 33.9 Å². The highest BCUT2D eigenvalue weighted by Crippen LogP contribution is 2.20. The zero-order valence-corrected chi connectivity index (χ0v) is 31.2. The molecular formula is C40H52N6O7. The summed E-state index contributed by atoms with van der Waals surface area (Å²) in [6.07, 6.45) is -0.00765. The fourth-order valence-electron chi connectivity index (χ4n) is 5.66. The van der Waals surface area contributed by atoms with Gasteiger partial charge in [0.1, 0.15) is 18.1 Å². The number of carbonyl (C=O) groups is 6. The number of benzene rings is 3. The van der Waals surface area contributed by atoms with E-state index in [2.05, 4.69) is 31.9 Å². The number of carboxylic acid groups (broad SMARTS) is 1. The molecule has 0 aliphatic carbocycles. The summed E-state index contributed by atoms with van der Waals surface area (Å²) in [6, 6.07) is 18.0. The molecule has 0 bridgehead atoms. The van der Waals surface area contributed by atoms with Gasteiger partial charge in [0, 0.05) is 17.9 Å². The van der Waals surface area contributed by atoms with Crippen LogP contribution in [0.1, 0.15) is 62.8 Å². The Labute approximate surface area is 311 Å². The molecule has 0 spiro atoms. The molecule has 3 aromatic carbocycles. The summed E-state index contributed by atoms with van der Waals surface area (Å²) < 4.78 is 0. The predicted octanol–water partition coefficient (Wildman–Crippen LogP) is 4.48. The van der Waals surface area contributed by atoms with Crippen LogP contribution in [0.5, 0.6) is 0 Å². The lowest BCUT2D eigenvalue weighted by Gasteiger charge is -2.26. The van der Waals surface area contributed by atoms with Gasteiger partial charge in [0.25, 0.3) is 0 Å². The Balaban J connectivity index is 1.60. The molecule has 284 valence electrons. The fourth-order valence-corrected chi connectivity index (χ4v) is 5.66. The topological polar surface area (TPSA) is 195 Å². The number of hydrogen-bond acceptors (Lipinski definition) is 6. The van der Waals surface area contributed by atoms with Crippen molar-refractivity contribution in [2.75, 3.05) is 17.2 Å². The van der Waals surface area contributed by atoms with E-state index in [-0.39, 0.29) is 24.7 Å². The maximum atomic E-state index is 13.5. The normalized spacial score (nSPS) is 12.6. The number of urea groups is 1. The maximum Gasteiger partial charge on any atom is 0.323 e. The van der Waals surface area contributed by atoms with Crippen molar-refractivity contribution in [1.82, 2.24) is 21.3 Å². The number of carboxylic acids is 1. The molecular weight excluding hydrogens is 676 g/mol. The number of aryl methyl sites for hydroxylation is 2. The molecule has 0 radical (unpaired) electrons. The van der Waals surface area contributed by atoms with Crippen molar-refractivity contribution in [2.45, 2.75) is 85.4 Å². The van der Waals surface area contributed by atoms with Crippen LogP contribution in [0, 0.1) is 25.7 Å². The highest BCUT2D eigenvalue weighted by atomic mass is 16.4. The summed E-state index contributed by atoms with van der Waals surface area (Å²) in [5.41, 5.74) is 4.76. The van der Waals surface area contributed by atoms with Gasteiger partial charge in [0.05, 0.1) is 12.8 Å². The summed E-state index contributed by atoms with van der Waals surface area (Å²) in [4.78, 5) is 77.3. The van der Waals surface area contributed by atoms with Crippen molar-refractivity contribution in [3.8, 4) is 0 Å². The van der Waals surface area contributed by atoms with Crippen LogP contribution in [-0.4, -0.2) is 65.4 Å². The van der Waals surface area contributed by atoms with Crippen LogP contribution in [-0.2, 0) is 36.8 Å². The molecule has 0 heterocycles. The van der Waals surface area contributed by atoms with E-state index in [1.165, 1.54) is 0 Å². The molecule has 13 heteroatoms. The van der Waals surface area contributed by atoms with Gasteiger partial charge in [-0.25, -0.2) is 4.79 Å². The minimum absolute atomic E-state index is 0.0392. The number of hydrogen-bond donors (Lipinski definition) is 7. The van der Waals surface area contributed by atoms with Gasteiger partial charge in [-0.2, -0.15) is 0 Å². The first-order valence-electron chi connectivity index (χ1n) is 17.8. The molecule has 6 amide bonds. The fraction of sp³-hybridized carbons (Fsp3) is 0.400. The first kappa shape index (κ1) is 41.7. The standard InChI is InChI=1S/C40H52N6O7/c1-24(2)21-31(43-33(47)22-29-15-17-30(18-16-29)42-40(53)46-36-26(5)11-10-12-27(36)6)37(50)44-32(23-34(48)49)38(51)45-35(25(3)4)39(52)41-20-19-28-13-8-7-9-14-28/h7-18,24-25,31-32,35H,19-23H2,1-6H3,(H,41,52)(H,43,47)(H,44,50)(H,45,51)(H,48,49)(H2,42,46,53)/t31-,32-,35-/m0/s1. The van der Waals surface area contributed by atoms with Crippen LogP contribution in [0.25, 0.3) is 0 Å². The molecule has 0 unspecified atom stereocenters. The van der Waals surface area contributed by atoms with Crippen LogP contribution in [0.2, 0.25) is 0 Å². The molecule has 0 fully saturated rings. The second kappa shape index (κ2) is 20.4. The first-order valence-corrected chi connectivity index (χ1v) is 17.8. The second-order valence-electron chi connectivity index (χ2n) is 13.9. The molecule has 3 atom stereocenters. The second-order valence-corrected chi connectivity index (χ2v) is 13.9. The highest BCUT2D eigenvalue weighted by molar-refractivity contribution is 6.01. The lowest BCUT2D eigenvalue weighted by atomic mass is 10.0. The third-order valence-corrected chi connectivity index (χ3v) is 8.47. The molecule has 3 aromatic rings. The van der Waals surface area contributed by atoms with Crippen LogP contribution in [0.15, 0.2) is 72.8 Å². The van der Waals surface area contributed by atoms with Gasteiger partial charge in [-0.3, -0.25) is 24.0 Å². The Morgan fingerprint density at radius 2 is 1.28 bits per heavy atom. The number of rotatable bonds is 18. The first-order chi connectivity index (χ1) is 25.1. The number of aliphatic carboxylic acids is 1. The van der Waals surface area contributed by atoms with Gasteiger partial charge < -0.3 is 37.0 Å². The number of para-hydroxylation sites is 1. The zero-order chi connectivity index (χ0) is 39.1. The van der Waals surface area contributed by atoms with E-state index in [1.807, 2.05) is 76.2 Å². The highest BCUT2D eigenvalue weighted by Gasteiger charge is 2.32. The van der Waals surface area contributed by atoms with Crippen LogP contribution in [0.4, 0.5) is 16.2 Å². The Hall–Kier alpha value is -5.72. The number of anilines is 2. The molecule has 0 saturated carbocycles. The Kier molecular flexibility index (Phi) is 16.0. The molecule has 53 heavy (non-hydrogen) atoms. The number of carbonyl (C=O) groups excluding carboxylic acids is 5. The van der Waals surface area contributed by atoms with Crippen molar-refractivity contribution in [3.05, 3.63) is 95.1 Å². The zero-order valence-electron chi connectivity index (χ0n) is 31.2. The minimum atomic E-state index is -1.50. The lowest BCUT2D eigenvalue weighted by molar-refractivity contribution is -0.141. The molecule has 0 aliphatic rings. The minimum Gasteiger partial charge on any atom is -0.481 e. The summed E-state index contributed by atoms with van der Waals surface area (Å²) in [6.45, 7) is 11.4. The quantitative estimate of drug-likeness (QED) is 0.100. The predicted molar refractivity (Wildman–Crippen MR) is 204 cm³/mol. The summed E-state index contributed by atoms with van der Waals surface area (Å²) in [7, 11) is 0. The Bertz CT molecular complexity index is 1710. The molecule has 0 aliphatic heterocycles. The molecule has 0 aromatic heterocycles. The van der Waals surface area contributed by atoms with Gasteiger partial charge in [-0.05, 0) is 72.9 Å². The average Bonchev–Trinajstić information content (AvgIpc) is 3.09. The van der Waals surface area contributed by atoms with E-state index < -0.39 is 60.2 Å². The van der Waals surface area contributed by atoms with Gasteiger partial charge in [-0.15, -0.1) is 0 Å². The average molecular weight is 729 g/mol. The van der Waals surface area contributed by atoms with Crippen molar-refractivity contribution in [2.24, 2.45) is 11.8 Å². The van der Waals surface area contributed by atoms with Gasteiger partial charge in [-0.1, -0.05) is 88.4 Å². The Morgan fingerprint density at radius 1 is 0.660 bits per heavy atom. The molecule has 0 saturated heterocycles. The van der Waals surface area contributed by atoms with Crippen LogP contribution < -0.4 is 31.9 Å². The van der Waals surface area contributed by atoms with Gasteiger partial charge >= 0.3 is 12.0 Å². The monoisotopic (exact) mass is 728 g/mol. The molecule has 3 rings (SSSR count). The summed E-state index contributed by atoms with van der Waals surface area (Å²) >= 11 is 0. The molecule has 13 nitrogen and oxygen atoms in total. The van der Waals surface area contributed by atoms with E-state index in [0.29, 0.717) is 24.2 Å². The van der Waals surface area contributed by atoms with Gasteiger partial charge in [0.2, 0.25) is 23.6 Å². The van der Waals surface area contributed by atoms with E-state index in [0.717, 1.165) is 22.4 Å². The van der Waals surface area contributed by atoms with E-state index in [4.69, 9.17) is 0 Å². The SMILES string of the molecule is Cc1cccc(C)c1NC(=O)Nc1ccc(CC(=O)N[C@@H](CC(C)C)C(=O)N[C@@H](CC(=O)O)C(=O)N[C@H](C(=O)NCCc2ccccc2)C(C)C)cc1. The summed E-state index contributed by atoms with van der Waals surface area (Å²) in [5, 5.41) is 25.8. The molecule has 7 N–H and O–H groups in total. The van der Waals surface area contributed by atoms with E-state index >= 15 is 0 Å². The van der Waals surface area contributed by atoms with Crippen molar-refractivity contribution in [1.29, 1.82) is 0 Å². The van der Waals surface area contributed by atoms with Crippen LogP contribution in [0.3, 0.4) is 0 Å². The van der Waals surface area contributed by atoms with Crippen molar-refractivity contribution < 1.29 is 33.9 Å². The van der Waals surface area contributed by atoms with Crippen molar-refractivity contribution >= 4 is 47.0 Å². The third-order valence-electron chi connectivity index (χ3n) is 8.47. The van der Waals surface area contributed by atoms with Crippen molar-refractivity contribution in [3.63, 3.8) is 0 Å². The lowest BCUT2D eigenvalue weighted by Crippen LogP contribution is -2.58.